The van der Waals surface area contributed by atoms with Gasteiger partial charge >= 0.3 is 0 Å². The van der Waals surface area contributed by atoms with Crippen LogP contribution in [0.4, 0.5) is 0 Å². The molecule has 0 aliphatic heterocycles. The minimum Gasteiger partial charge on any atom is -0.493 e. The zero-order valence-corrected chi connectivity index (χ0v) is 15.3. The minimum atomic E-state index is 0.541. The number of benzene rings is 2. The zero-order valence-electron chi connectivity index (χ0n) is 14.5. The zero-order chi connectivity index (χ0) is 17.8. The monoisotopic (exact) mass is 357 g/mol. The number of aromatic nitrogens is 1. The summed E-state index contributed by atoms with van der Waals surface area (Å²) in [5.41, 5.74) is 2.74. The predicted octanol–water partition coefficient (Wildman–Crippen LogP) is 4.76. The molecule has 0 radical (unpaired) electrons. The second-order valence-corrected chi connectivity index (χ2v) is 6.09. The van der Waals surface area contributed by atoms with E-state index in [9.17, 15) is 0 Å². The Hall–Kier alpha value is -2.60. The smallest absolute Gasteiger partial charge is 0.203 e. The molecule has 3 rings (SSSR count). The van der Waals surface area contributed by atoms with Crippen LogP contribution >= 0.6 is 11.8 Å². The summed E-state index contributed by atoms with van der Waals surface area (Å²) in [4.78, 5) is 1.20. The summed E-state index contributed by atoms with van der Waals surface area (Å²) in [6, 6.07) is 12.0. The van der Waals surface area contributed by atoms with Gasteiger partial charge in [0.15, 0.2) is 17.3 Å². The van der Waals surface area contributed by atoms with Crippen molar-refractivity contribution in [3.05, 3.63) is 42.6 Å². The Morgan fingerprint density at radius 1 is 0.880 bits per heavy atom. The molecule has 130 valence electrons. The van der Waals surface area contributed by atoms with Crippen molar-refractivity contribution < 1.29 is 18.7 Å². The van der Waals surface area contributed by atoms with Crippen molar-refractivity contribution >= 4 is 11.8 Å². The first-order chi connectivity index (χ1) is 12.2. The third-order valence-corrected chi connectivity index (χ3v) is 4.64. The molecule has 0 atom stereocenters. The standard InChI is InChI=1S/C19H19NO4S/c1-21-16-9-13(10-17(22-2)19(16)23-3)18-15(11-20-24-18)12-5-7-14(25-4)8-6-12/h5-11H,1-4H3. The maximum Gasteiger partial charge on any atom is 0.203 e. The first-order valence-electron chi connectivity index (χ1n) is 7.61. The fourth-order valence-corrected chi connectivity index (χ4v) is 3.04. The topological polar surface area (TPSA) is 53.7 Å². The number of thioether (sulfide) groups is 1. The van der Waals surface area contributed by atoms with Crippen LogP contribution in [-0.4, -0.2) is 32.7 Å². The summed E-state index contributed by atoms with van der Waals surface area (Å²) in [7, 11) is 4.75. The number of nitrogens with zero attached hydrogens (tertiary/aromatic N) is 1. The van der Waals surface area contributed by atoms with Gasteiger partial charge in [0.25, 0.3) is 0 Å². The first-order valence-corrected chi connectivity index (χ1v) is 8.83. The van der Waals surface area contributed by atoms with Gasteiger partial charge in [0.05, 0.1) is 27.5 Å². The summed E-state index contributed by atoms with van der Waals surface area (Å²) < 4.78 is 21.7. The molecule has 0 bridgehead atoms. The summed E-state index contributed by atoms with van der Waals surface area (Å²) in [5, 5.41) is 3.98. The van der Waals surface area contributed by atoms with Crippen molar-refractivity contribution in [3.63, 3.8) is 0 Å². The highest BCUT2D eigenvalue weighted by Gasteiger charge is 2.19. The van der Waals surface area contributed by atoms with E-state index in [0.29, 0.717) is 23.0 Å². The Bertz CT molecular complexity index is 833. The maximum absolute atomic E-state index is 5.53. The van der Waals surface area contributed by atoms with Gasteiger partial charge in [-0.3, -0.25) is 0 Å². The Labute approximate surface area is 150 Å². The van der Waals surface area contributed by atoms with Crippen LogP contribution in [0.5, 0.6) is 17.2 Å². The Morgan fingerprint density at radius 3 is 2.04 bits per heavy atom. The van der Waals surface area contributed by atoms with Crippen LogP contribution in [0.1, 0.15) is 0 Å². The van der Waals surface area contributed by atoms with Crippen molar-refractivity contribution in [3.8, 4) is 39.7 Å². The molecule has 0 aliphatic carbocycles. The molecular weight excluding hydrogens is 338 g/mol. The van der Waals surface area contributed by atoms with Crippen LogP contribution in [0.3, 0.4) is 0 Å². The van der Waals surface area contributed by atoms with E-state index in [4.69, 9.17) is 18.7 Å². The Balaban J connectivity index is 2.10. The van der Waals surface area contributed by atoms with Crippen LogP contribution in [-0.2, 0) is 0 Å². The van der Waals surface area contributed by atoms with Gasteiger partial charge in [-0.15, -0.1) is 11.8 Å². The molecule has 1 aromatic heterocycles. The molecular formula is C19H19NO4S. The Kier molecular flexibility index (Phi) is 5.19. The lowest BCUT2D eigenvalue weighted by Gasteiger charge is -2.13. The SMILES string of the molecule is COc1cc(-c2oncc2-c2ccc(SC)cc2)cc(OC)c1OC. The average molecular weight is 357 g/mol. The van der Waals surface area contributed by atoms with E-state index in [2.05, 4.69) is 35.7 Å². The largest absolute Gasteiger partial charge is 0.493 e. The van der Waals surface area contributed by atoms with Crippen molar-refractivity contribution in [2.24, 2.45) is 0 Å². The molecule has 0 saturated carbocycles. The molecule has 0 saturated heterocycles. The van der Waals surface area contributed by atoms with Gasteiger partial charge in [0, 0.05) is 16.0 Å². The summed E-state index contributed by atoms with van der Waals surface area (Å²) in [5.74, 6) is 2.32. The Morgan fingerprint density at radius 2 is 1.52 bits per heavy atom. The second-order valence-electron chi connectivity index (χ2n) is 5.21. The minimum absolute atomic E-state index is 0.541. The van der Waals surface area contributed by atoms with Crippen LogP contribution < -0.4 is 14.2 Å². The van der Waals surface area contributed by atoms with Gasteiger partial charge in [-0.2, -0.15) is 0 Å². The molecule has 0 fully saturated rings. The first kappa shape index (κ1) is 17.2. The predicted molar refractivity (Wildman–Crippen MR) is 98.8 cm³/mol. The lowest BCUT2D eigenvalue weighted by molar-refractivity contribution is 0.324. The lowest BCUT2D eigenvalue weighted by atomic mass is 10.0. The van der Waals surface area contributed by atoms with Crippen molar-refractivity contribution in [1.82, 2.24) is 5.16 Å². The molecule has 0 spiro atoms. The fraction of sp³-hybridized carbons (Fsp3) is 0.211. The van der Waals surface area contributed by atoms with Gasteiger partial charge < -0.3 is 18.7 Å². The van der Waals surface area contributed by atoms with Crippen LogP contribution in [0.25, 0.3) is 22.5 Å². The molecule has 0 N–H and O–H groups in total. The lowest BCUT2D eigenvalue weighted by Crippen LogP contribution is -1.95. The number of rotatable bonds is 6. The molecule has 25 heavy (non-hydrogen) atoms. The number of methoxy groups -OCH3 is 3. The van der Waals surface area contributed by atoms with E-state index in [1.54, 1.807) is 39.3 Å². The normalized spacial score (nSPS) is 10.6. The molecule has 0 aliphatic rings. The highest BCUT2D eigenvalue weighted by Crippen LogP contribution is 2.43. The average Bonchev–Trinajstić information content (AvgIpc) is 3.16. The quantitative estimate of drug-likeness (QED) is 0.593. The molecule has 3 aromatic rings. The second kappa shape index (κ2) is 7.53. The third-order valence-electron chi connectivity index (χ3n) is 3.90. The molecule has 1 heterocycles. The van der Waals surface area contributed by atoms with Crippen molar-refractivity contribution in [1.29, 1.82) is 0 Å². The third kappa shape index (κ3) is 3.30. The van der Waals surface area contributed by atoms with Gasteiger partial charge in [-0.25, -0.2) is 0 Å². The fourth-order valence-electron chi connectivity index (χ4n) is 2.64. The van der Waals surface area contributed by atoms with Crippen LogP contribution in [0, 0.1) is 0 Å². The van der Waals surface area contributed by atoms with Crippen LogP contribution in [0.15, 0.2) is 52.0 Å². The molecule has 2 aromatic carbocycles. The van der Waals surface area contributed by atoms with Gasteiger partial charge in [-0.1, -0.05) is 17.3 Å². The highest BCUT2D eigenvalue weighted by atomic mass is 32.2. The van der Waals surface area contributed by atoms with E-state index in [1.807, 2.05) is 12.1 Å². The highest BCUT2D eigenvalue weighted by molar-refractivity contribution is 7.98. The summed E-state index contributed by atoms with van der Waals surface area (Å²) in [6.07, 6.45) is 3.77. The molecule has 0 unspecified atom stereocenters. The maximum atomic E-state index is 5.53. The van der Waals surface area contributed by atoms with Gasteiger partial charge in [-0.05, 0) is 36.1 Å². The molecule has 0 amide bonds. The van der Waals surface area contributed by atoms with E-state index in [1.165, 1.54) is 4.90 Å². The van der Waals surface area contributed by atoms with E-state index >= 15 is 0 Å². The molecule has 5 nitrogen and oxygen atoms in total. The van der Waals surface area contributed by atoms with Gasteiger partial charge in [0.1, 0.15) is 0 Å². The van der Waals surface area contributed by atoms with E-state index in [-0.39, 0.29) is 0 Å². The van der Waals surface area contributed by atoms with E-state index < -0.39 is 0 Å². The number of hydrogen-bond donors (Lipinski definition) is 0. The van der Waals surface area contributed by atoms with Crippen molar-refractivity contribution in [2.75, 3.05) is 27.6 Å². The number of hydrogen-bond acceptors (Lipinski definition) is 6. The van der Waals surface area contributed by atoms with E-state index in [0.717, 1.165) is 16.7 Å². The van der Waals surface area contributed by atoms with Crippen LogP contribution in [0.2, 0.25) is 0 Å². The number of ether oxygens (including phenoxy) is 3. The van der Waals surface area contributed by atoms with Crippen molar-refractivity contribution in [2.45, 2.75) is 4.90 Å². The molecule has 6 heteroatoms. The summed E-state index contributed by atoms with van der Waals surface area (Å²) >= 11 is 1.70. The van der Waals surface area contributed by atoms with Gasteiger partial charge in [0.2, 0.25) is 5.75 Å². The summed E-state index contributed by atoms with van der Waals surface area (Å²) in [6.45, 7) is 0.